The van der Waals surface area contributed by atoms with Gasteiger partial charge in [-0.3, -0.25) is 9.78 Å². The molecular weight excluding hydrogens is 342 g/mol. The number of rotatable bonds is 5. The number of piperidine rings is 1. The third-order valence-electron chi connectivity index (χ3n) is 4.95. The fraction of sp³-hybridized carbons (Fsp3) is 0.381. The first-order chi connectivity index (χ1) is 13.1. The summed E-state index contributed by atoms with van der Waals surface area (Å²) >= 11 is 0. The molecule has 142 valence electrons. The van der Waals surface area contributed by atoms with Gasteiger partial charge in [0, 0.05) is 24.5 Å². The predicted octanol–water partition coefficient (Wildman–Crippen LogP) is 4.02. The number of pyridine rings is 1. The quantitative estimate of drug-likeness (QED) is 0.808. The van der Waals surface area contributed by atoms with Gasteiger partial charge in [-0.2, -0.15) is 0 Å². The highest BCUT2D eigenvalue weighted by Gasteiger charge is 2.27. The molecule has 0 aliphatic carbocycles. The lowest BCUT2D eigenvalue weighted by molar-refractivity contribution is 0.0593. The zero-order valence-electron chi connectivity index (χ0n) is 15.8. The van der Waals surface area contributed by atoms with Crippen molar-refractivity contribution in [3.8, 4) is 0 Å². The Morgan fingerprint density at radius 2 is 2.07 bits per heavy atom. The Bertz CT molecular complexity index is 822. The molecule has 27 heavy (non-hydrogen) atoms. The van der Waals surface area contributed by atoms with Gasteiger partial charge in [0.2, 0.25) is 0 Å². The van der Waals surface area contributed by atoms with E-state index in [0.29, 0.717) is 22.6 Å². The number of methoxy groups -OCH3 is 1. The second-order valence-electron chi connectivity index (χ2n) is 6.65. The van der Waals surface area contributed by atoms with Crippen molar-refractivity contribution >= 4 is 23.3 Å². The fourth-order valence-corrected chi connectivity index (χ4v) is 3.50. The number of carbonyl (C=O) groups excluding carboxylic acids is 2. The number of hydrogen-bond donors (Lipinski definition) is 1. The second-order valence-corrected chi connectivity index (χ2v) is 6.65. The minimum atomic E-state index is -0.414. The van der Waals surface area contributed by atoms with Crippen LogP contribution in [0.2, 0.25) is 0 Å². The van der Waals surface area contributed by atoms with Gasteiger partial charge in [-0.05, 0) is 49.9 Å². The number of nitrogens with zero attached hydrogens (tertiary/aromatic N) is 2. The van der Waals surface area contributed by atoms with E-state index in [2.05, 4.69) is 17.2 Å². The van der Waals surface area contributed by atoms with E-state index in [1.807, 2.05) is 11.0 Å². The van der Waals surface area contributed by atoms with Gasteiger partial charge in [-0.1, -0.05) is 19.1 Å². The van der Waals surface area contributed by atoms with E-state index in [0.717, 1.165) is 25.8 Å². The maximum Gasteiger partial charge on any atom is 0.339 e. The Balaban J connectivity index is 1.82. The highest BCUT2D eigenvalue weighted by molar-refractivity contribution is 5.97. The Labute approximate surface area is 159 Å². The van der Waals surface area contributed by atoms with Crippen LogP contribution >= 0.6 is 0 Å². The number of likely N-dealkylation sites (tertiary alicyclic amines) is 1. The molecule has 1 aliphatic rings. The summed E-state index contributed by atoms with van der Waals surface area (Å²) in [6.07, 6.45) is 5.82. The van der Waals surface area contributed by atoms with Gasteiger partial charge in [0.25, 0.3) is 5.91 Å². The molecule has 1 N–H and O–H groups in total. The molecule has 0 spiro atoms. The molecular formula is C21H25N3O3. The molecule has 1 aromatic carbocycles. The van der Waals surface area contributed by atoms with Crippen LogP contribution in [0.25, 0.3) is 0 Å². The molecule has 1 fully saturated rings. The van der Waals surface area contributed by atoms with Crippen molar-refractivity contribution in [1.29, 1.82) is 0 Å². The Hall–Kier alpha value is -2.89. The van der Waals surface area contributed by atoms with Crippen LogP contribution in [0.15, 0.2) is 42.6 Å². The van der Waals surface area contributed by atoms with Crippen molar-refractivity contribution in [3.05, 3.63) is 53.9 Å². The highest BCUT2D eigenvalue weighted by Crippen LogP contribution is 2.24. The van der Waals surface area contributed by atoms with Crippen molar-refractivity contribution < 1.29 is 14.3 Å². The Morgan fingerprint density at radius 1 is 1.26 bits per heavy atom. The minimum absolute atomic E-state index is 0.0357. The van der Waals surface area contributed by atoms with Crippen molar-refractivity contribution in [2.75, 3.05) is 19.0 Å². The number of benzene rings is 1. The third-order valence-corrected chi connectivity index (χ3v) is 4.95. The summed E-state index contributed by atoms with van der Waals surface area (Å²) in [5.74, 6) is -0.450. The number of para-hydroxylation sites is 1. The normalized spacial score (nSPS) is 16.7. The molecule has 1 aromatic heterocycles. The van der Waals surface area contributed by atoms with Crippen molar-refractivity contribution in [1.82, 2.24) is 9.88 Å². The first-order valence-corrected chi connectivity index (χ1v) is 9.35. The van der Waals surface area contributed by atoms with Gasteiger partial charge < -0.3 is 15.0 Å². The molecule has 0 bridgehead atoms. The highest BCUT2D eigenvalue weighted by atomic mass is 16.5. The van der Waals surface area contributed by atoms with E-state index in [-0.39, 0.29) is 11.9 Å². The van der Waals surface area contributed by atoms with E-state index >= 15 is 0 Å². The van der Waals surface area contributed by atoms with Gasteiger partial charge in [-0.25, -0.2) is 4.79 Å². The molecule has 2 aromatic rings. The molecule has 0 radical (unpaired) electrons. The Morgan fingerprint density at radius 3 is 2.85 bits per heavy atom. The number of amides is 1. The number of ether oxygens (including phenoxy) is 1. The molecule has 3 rings (SSSR count). The topological polar surface area (TPSA) is 71.5 Å². The summed E-state index contributed by atoms with van der Waals surface area (Å²) in [4.78, 5) is 31.1. The summed E-state index contributed by atoms with van der Waals surface area (Å²) in [5, 5.41) is 3.20. The number of carbonyl (C=O) groups is 2. The molecule has 1 aliphatic heterocycles. The third kappa shape index (κ3) is 4.27. The van der Waals surface area contributed by atoms with Crippen LogP contribution in [0.4, 0.5) is 11.4 Å². The summed E-state index contributed by atoms with van der Waals surface area (Å²) in [7, 11) is 1.35. The smallest absolute Gasteiger partial charge is 0.339 e. The predicted molar refractivity (Wildman–Crippen MR) is 104 cm³/mol. The van der Waals surface area contributed by atoms with Gasteiger partial charge in [0.1, 0.15) is 5.69 Å². The zero-order valence-corrected chi connectivity index (χ0v) is 15.8. The number of nitrogens with one attached hydrogen (secondary N) is 1. The summed E-state index contributed by atoms with van der Waals surface area (Å²) in [6, 6.07) is 10.9. The van der Waals surface area contributed by atoms with Crippen LogP contribution < -0.4 is 5.32 Å². The molecule has 1 atom stereocenters. The summed E-state index contributed by atoms with van der Waals surface area (Å²) in [5.41, 5.74) is 2.18. The number of esters is 1. The van der Waals surface area contributed by atoms with Gasteiger partial charge in [0.05, 0.1) is 18.4 Å². The van der Waals surface area contributed by atoms with E-state index in [4.69, 9.17) is 4.74 Å². The first kappa shape index (κ1) is 18.9. The second kappa shape index (κ2) is 8.66. The lowest BCUT2D eigenvalue weighted by Crippen LogP contribution is -2.43. The molecule has 6 heteroatoms. The van der Waals surface area contributed by atoms with Crippen LogP contribution in [0.5, 0.6) is 0 Å². The largest absolute Gasteiger partial charge is 0.465 e. The number of aromatic nitrogens is 1. The van der Waals surface area contributed by atoms with Gasteiger partial charge in [-0.15, -0.1) is 0 Å². The first-order valence-electron chi connectivity index (χ1n) is 9.35. The average Bonchev–Trinajstić information content (AvgIpc) is 2.73. The summed E-state index contributed by atoms with van der Waals surface area (Å²) in [6.45, 7) is 2.90. The zero-order chi connectivity index (χ0) is 19.2. The number of anilines is 2. The van der Waals surface area contributed by atoms with Crippen molar-refractivity contribution in [2.45, 2.75) is 38.6 Å². The van der Waals surface area contributed by atoms with Crippen LogP contribution in [0.3, 0.4) is 0 Å². The van der Waals surface area contributed by atoms with Crippen LogP contribution in [0, 0.1) is 0 Å². The van der Waals surface area contributed by atoms with E-state index < -0.39 is 5.97 Å². The van der Waals surface area contributed by atoms with E-state index in [9.17, 15) is 9.59 Å². The summed E-state index contributed by atoms with van der Waals surface area (Å²) < 4.78 is 4.83. The lowest BCUT2D eigenvalue weighted by atomic mass is 9.99. The van der Waals surface area contributed by atoms with Crippen molar-refractivity contribution in [2.24, 2.45) is 0 Å². The van der Waals surface area contributed by atoms with Crippen LogP contribution in [0.1, 0.15) is 53.5 Å². The van der Waals surface area contributed by atoms with Crippen molar-refractivity contribution in [3.63, 3.8) is 0 Å². The molecule has 6 nitrogen and oxygen atoms in total. The molecule has 0 saturated carbocycles. The van der Waals surface area contributed by atoms with Crippen LogP contribution in [-0.2, 0) is 4.74 Å². The molecule has 2 heterocycles. The molecule has 1 saturated heterocycles. The van der Waals surface area contributed by atoms with Crippen LogP contribution in [-0.4, -0.2) is 41.5 Å². The maximum absolute atomic E-state index is 13.0. The molecule has 1 amide bonds. The monoisotopic (exact) mass is 367 g/mol. The SMILES string of the molecule is CCC1CCCCN1C(=O)c1cc(Nc2ccccc2C(=O)OC)ccn1. The molecule has 1 unspecified atom stereocenters. The minimum Gasteiger partial charge on any atom is -0.465 e. The van der Waals surface area contributed by atoms with E-state index in [1.54, 1.807) is 36.5 Å². The van der Waals surface area contributed by atoms with Gasteiger partial charge >= 0.3 is 5.97 Å². The lowest BCUT2D eigenvalue weighted by Gasteiger charge is -2.35. The fourth-order valence-electron chi connectivity index (χ4n) is 3.50. The average molecular weight is 367 g/mol. The maximum atomic E-state index is 13.0. The van der Waals surface area contributed by atoms with Gasteiger partial charge in [0.15, 0.2) is 0 Å². The number of hydrogen-bond acceptors (Lipinski definition) is 5. The van der Waals surface area contributed by atoms with E-state index in [1.165, 1.54) is 13.5 Å². The Kier molecular flexibility index (Phi) is 6.06. The standard InChI is InChI=1S/C21H25N3O3/c1-3-16-8-6-7-13-24(16)20(25)19-14-15(11-12-22-19)23-18-10-5-4-9-17(18)21(26)27-2/h4-5,9-12,14,16H,3,6-8,13H2,1-2H3,(H,22,23).